The number of hydrogen-bond acceptors (Lipinski definition) is 6. The van der Waals surface area contributed by atoms with Crippen LogP contribution >= 0.6 is 0 Å². The number of rotatable bonds is 8. The number of carboxylic acids is 1. The highest BCUT2D eigenvalue weighted by Gasteiger charge is 2.39. The number of hydrogen-bond donors (Lipinski definition) is 4. The molecule has 2 aromatic carbocycles. The highest BCUT2D eigenvalue weighted by molar-refractivity contribution is 5.85. The van der Waals surface area contributed by atoms with Crippen LogP contribution in [0.25, 0.3) is 11.1 Å². The van der Waals surface area contributed by atoms with Crippen molar-refractivity contribution < 1.29 is 29.3 Å². The van der Waals surface area contributed by atoms with E-state index in [2.05, 4.69) is 27.7 Å². The van der Waals surface area contributed by atoms with Crippen molar-refractivity contribution in [2.24, 2.45) is 0 Å². The molecule has 4 N–H and O–H groups in total. The zero-order chi connectivity index (χ0) is 25.0. The summed E-state index contributed by atoms with van der Waals surface area (Å²) in [5.41, 5.74) is 3.63. The van der Waals surface area contributed by atoms with Crippen molar-refractivity contribution in [3.05, 3.63) is 59.7 Å². The van der Waals surface area contributed by atoms with Gasteiger partial charge in [-0.15, -0.1) is 0 Å². The van der Waals surface area contributed by atoms with Gasteiger partial charge in [0.2, 0.25) is 5.91 Å². The zero-order valence-corrected chi connectivity index (χ0v) is 19.7. The summed E-state index contributed by atoms with van der Waals surface area (Å²) in [6.07, 6.45) is 0.311. The molecule has 9 nitrogen and oxygen atoms in total. The van der Waals surface area contributed by atoms with E-state index in [4.69, 9.17) is 9.84 Å². The first-order chi connectivity index (χ1) is 16.8. The quantitative estimate of drug-likeness (QED) is 0.454. The SMILES string of the molecule is CN1CCC(CC(=O)N[C@@H](CO)C(=O)O)(NC(=O)OCC2c3ccccc3-c3ccccc32)CC1. The second kappa shape index (κ2) is 10.5. The third-order valence-corrected chi connectivity index (χ3v) is 6.97. The fraction of sp³-hybridized carbons (Fsp3) is 0.423. The van der Waals surface area contributed by atoms with Crippen molar-refractivity contribution in [1.82, 2.24) is 15.5 Å². The molecule has 4 rings (SSSR count). The van der Waals surface area contributed by atoms with Crippen molar-refractivity contribution in [3.8, 4) is 11.1 Å². The molecule has 1 aliphatic carbocycles. The average Bonchev–Trinajstić information content (AvgIpc) is 3.16. The largest absolute Gasteiger partial charge is 0.480 e. The van der Waals surface area contributed by atoms with Crippen LogP contribution < -0.4 is 10.6 Å². The summed E-state index contributed by atoms with van der Waals surface area (Å²) >= 11 is 0. The van der Waals surface area contributed by atoms with Gasteiger partial charge in [0.05, 0.1) is 12.1 Å². The van der Waals surface area contributed by atoms with Crippen LogP contribution in [0.1, 0.15) is 36.3 Å². The smallest absolute Gasteiger partial charge is 0.407 e. The molecule has 0 spiro atoms. The number of aliphatic hydroxyl groups is 1. The Balaban J connectivity index is 1.43. The lowest BCUT2D eigenvalue weighted by Gasteiger charge is -2.40. The minimum absolute atomic E-state index is 0.0780. The Hall–Kier alpha value is -3.43. The Kier molecular flexibility index (Phi) is 7.37. The van der Waals surface area contributed by atoms with Gasteiger partial charge in [0.15, 0.2) is 0 Å². The first kappa shape index (κ1) is 24.7. The van der Waals surface area contributed by atoms with E-state index in [1.807, 2.05) is 43.4 Å². The number of alkyl carbamates (subject to hydrolysis) is 1. The molecule has 1 atom stereocenters. The van der Waals surface area contributed by atoms with Crippen LogP contribution in [0.3, 0.4) is 0 Å². The van der Waals surface area contributed by atoms with Gasteiger partial charge in [0, 0.05) is 25.4 Å². The Morgan fingerprint density at radius 1 is 1.06 bits per heavy atom. The van der Waals surface area contributed by atoms with Gasteiger partial charge in [-0.05, 0) is 42.1 Å². The van der Waals surface area contributed by atoms with Crippen LogP contribution in [-0.4, -0.2) is 78.0 Å². The summed E-state index contributed by atoms with van der Waals surface area (Å²) < 4.78 is 5.69. The third kappa shape index (κ3) is 5.47. The molecule has 0 unspecified atom stereocenters. The molecule has 0 aromatic heterocycles. The van der Waals surface area contributed by atoms with Crippen LogP contribution in [0, 0.1) is 0 Å². The molecule has 0 bridgehead atoms. The molecular weight excluding hydrogens is 450 g/mol. The van der Waals surface area contributed by atoms with E-state index in [1.54, 1.807) is 0 Å². The highest BCUT2D eigenvalue weighted by Crippen LogP contribution is 2.44. The number of nitrogens with one attached hydrogen (secondary N) is 2. The number of ether oxygens (including phenoxy) is 1. The van der Waals surface area contributed by atoms with Gasteiger partial charge in [-0.3, -0.25) is 4.79 Å². The van der Waals surface area contributed by atoms with Crippen molar-refractivity contribution in [3.63, 3.8) is 0 Å². The Bertz CT molecular complexity index is 1050. The lowest BCUT2D eigenvalue weighted by Crippen LogP contribution is -2.57. The number of carboxylic acid groups (broad SMARTS) is 1. The van der Waals surface area contributed by atoms with E-state index in [0.717, 1.165) is 22.3 Å². The molecule has 186 valence electrons. The molecule has 1 heterocycles. The summed E-state index contributed by atoms with van der Waals surface area (Å²) in [7, 11) is 1.96. The average molecular weight is 482 g/mol. The summed E-state index contributed by atoms with van der Waals surface area (Å²) in [4.78, 5) is 38.8. The molecule has 2 amide bonds. The molecule has 1 fully saturated rings. The number of piperidine rings is 1. The van der Waals surface area contributed by atoms with Crippen LogP contribution in [0.15, 0.2) is 48.5 Å². The fourth-order valence-electron chi connectivity index (χ4n) is 4.98. The predicted molar refractivity (Wildman–Crippen MR) is 129 cm³/mol. The summed E-state index contributed by atoms with van der Waals surface area (Å²) in [6.45, 7) is 0.781. The number of fused-ring (bicyclic) bond motifs is 3. The van der Waals surface area contributed by atoms with E-state index in [9.17, 15) is 19.5 Å². The van der Waals surface area contributed by atoms with E-state index < -0.39 is 36.2 Å². The van der Waals surface area contributed by atoms with Crippen molar-refractivity contribution in [2.45, 2.75) is 36.8 Å². The molecule has 0 saturated carbocycles. The second-order valence-electron chi connectivity index (χ2n) is 9.35. The number of carbonyl (C=O) groups is 3. The molecular formula is C26H31N3O6. The van der Waals surface area contributed by atoms with Crippen LogP contribution in [0.4, 0.5) is 4.79 Å². The lowest BCUT2D eigenvalue weighted by atomic mass is 9.84. The molecule has 2 aliphatic rings. The monoisotopic (exact) mass is 481 g/mol. The fourth-order valence-corrected chi connectivity index (χ4v) is 4.98. The van der Waals surface area contributed by atoms with Crippen LogP contribution in [-0.2, 0) is 14.3 Å². The summed E-state index contributed by atoms with van der Waals surface area (Å²) in [5.74, 6) is -1.94. The molecule has 2 aromatic rings. The van der Waals surface area contributed by atoms with Gasteiger partial charge in [-0.25, -0.2) is 9.59 Å². The van der Waals surface area contributed by atoms with E-state index in [0.29, 0.717) is 25.9 Å². The number of aliphatic hydroxyl groups excluding tert-OH is 1. The maximum Gasteiger partial charge on any atom is 0.407 e. The highest BCUT2D eigenvalue weighted by atomic mass is 16.5. The maximum absolute atomic E-state index is 12.9. The first-order valence-corrected chi connectivity index (χ1v) is 11.8. The Labute approximate surface area is 204 Å². The minimum Gasteiger partial charge on any atom is -0.480 e. The molecule has 0 radical (unpaired) electrons. The van der Waals surface area contributed by atoms with Gasteiger partial charge in [-0.1, -0.05) is 48.5 Å². The number of carbonyl (C=O) groups excluding carboxylic acids is 2. The standard InChI is InChI=1S/C26H31N3O6/c1-29-12-10-26(11-13-29,14-23(31)27-22(15-30)24(32)33)28-25(34)35-16-21-19-8-4-2-6-17(19)18-7-3-5-9-20(18)21/h2-9,21-22,30H,10-16H2,1H3,(H,27,31)(H,28,34)(H,32,33)/t22-/m0/s1. The van der Waals surface area contributed by atoms with Gasteiger partial charge in [0.1, 0.15) is 12.6 Å². The number of aliphatic carboxylic acids is 1. The van der Waals surface area contributed by atoms with Crippen LogP contribution in [0.2, 0.25) is 0 Å². The molecule has 1 aliphatic heterocycles. The van der Waals surface area contributed by atoms with Gasteiger partial charge in [-0.2, -0.15) is 0 Å². The van der Waals surface area contributed by atoms with E-state index in [1.165, 1.54) is 0 Å². The molecule has 35 heavy (non-hydrogen) atoms. The van der Waals surface area contributed by atoms with Crippen LogP contribution in [0.5, 0.6) is 0 Å². The molecule has 1 saturated heterocycles. The van der Waals surface area contributed by atoms with Crippen molar-refractivity contribution in [1.29, 1.82) is 0 Å². The second-order valence-corrected chi connectivity index (χ2v) is 9.35. The number of benzene rings is 2. The van der Waals surface area contributed by atoms with E-state index >= 15 is 0 Å². The maximum atomic E-state index is 12.9. The summed E-state index contributed by atoms with van der Waals surface area (Å²) in [6, 6.07) is 14.8. The third-order valence-electron chi connectivity index (χ3n) is 6.97. The van der Waals surface area contributed by atoms with Gasteiger partial charge < -0.3 is 30.5 Å². The minimum atomic E-state index is -1.39. The Morgan fingerprint density at radius 2 is 1.63 bits per heavy atom. The van der Waals surface area contributed by atoms with Gasteiger partial charge in [0.25, 0.3) is 0 Å². The first-order valence-electron chi connectivity index (χ1n) is 11.8. The van der Waals surface area contributed by atoms with E-state index in [-0.39, 0.29) is 18.9 Å². The topological polar surface area (TPSA) is 128 Å². The summed E-state index contributed by atoms with van der Waals surface area (Å²) in [5, 5.41) is 23.6. The van der Waals surface area contributed by atoms with Crippen molar-refractivity contribution >= 4 is 18.0 Å². The van der Waals surface area contributed by atoms with Crippen molar-refractivity contribution in [2.75, 3.05) is 33.4 Å². The lowest BCUT2D eigenvalue weighted by molar-refractivity contribution is -0.143. The zero-order valence-electron chi connectivity index (χ0n) is 19.7. The predicted octanol–water partition coefficient (Wildman–Crippen LogP) is 1.94. The number of likely N-dealkylation sites (tertiary alicyclic amines) is 1. The number of amides is 2. The van der Waals surface area contributed by atoms with Gasteiger partial charge >= 0.3 is 12.1 Å². The normalized spacial score (nSPS) is 17.7. The Morgan fingerprint density at radius 3 is 2.17 bits per heavy atom. The molecule has 9 heteroatoms. The number of nitrogens with zero attached hydrogens (tertiary/aromatic N) is 1.